The van der Waals surface area contributed by atoms with Gasteiger partial charge < -0.3 is 9.84 Å². The zero-order valence-corrected chi connectivity index (χ0v) is 10.2. The summed E-state index contributed by atoms with van der Waals surface area (Å²) in [6.07, 6.45) is 3.31. The number of hydrogen-bond donors (Lipinski definition) is 1. The van der Waals surface area contributed by atoms with E-state index in [0.717, 1.165) is 24.6 Å². The molecule has 0 aromatic heterocycles. The van der Waals surface area contributed by atoms with Crippen LogP contribution in [0, 0.1) is 0 Å². The summed E-state index contributed by atoms with van der Waals surface area (Å²) in [5.41, 5.74) is -0.454. The van der Waals surface area contributed by atoms with Crippen molar-refractivity contribution in [1.29, 1.82) is 0 Å². The van der Waals surface area contributed by atoms with E-state index in [2.05, 4.69) is 22.9 Å². The van der Waals surface area contributed by atoms with Gasteiger partial charge in [0.05, 0.1) is 17.3 Å². The van der Waals surface area contributed by atoms with Gasteiger partial charge in [-0.2, -0.15) is 0 Å². The quantitative estimate of drug-likeness (QED) is 0.601. The van der Waals surface area contributed by atoms with Gasteiger partial charge in [0.15, 0.2) is 0 Å². The van der Waals surface area contributed by atoms with E-state index in [1.54, 1.807) is 0 Å². The van der Waals surface area contributed by atoms with E-state index in [0.29, 0.717) is 6.10 Å². The third-order valence-electron chi connectivity index (χ3n) is 2.64. The predicted molar refractivity (Wildman–Crippen MR) is 57.2 cm³/mol. The molecule has 0 saturated carbocycles. The Labute approximate surface area is 88.8 Å². The van der Waals surface area contributed by atoms with Crippen molar-refractivity contribution in [2.24, 2.45) is 0 Å². The molecule has 0 bridgehead atoms. The molecule has 3 heteroatoms. The van der Waals surface area contributed by atoms with Crippen molar-refractivity contribution in [2.75, 3.05) is 5.33 Å². The van der Waals surface area contributed by atoms with Gasteiger partial charge in [0.2, 0.25) is 0 Å². The van der Waals surface area contributed by atoms with E-state index in [-0.39, 0.29) is 5.60 Å². The summed E-state index contributed by atoms with van der Waals surface area (Å²) in [7, 11) is 0. The van der Waals surface area contributed by atoms with Crippen LogP contribution >= 0.6 is 15.9 Å². The Morgan fingerprint density at radius 1 is 1.54 bits per heavy atom. The van der Waals surface area contributed by atoms with Gasteiger partial charge in [-0.05, 0) is 40.0 Å². The maximum Gasteiger partial charge on any atom is 0.0967 e. The molecule has 1 heterocycles. The number of rotatable bonds is 5. The standard InChI is InChI=1S/C10H19BrO2/c1-9(2,12)5-4-6-10(3)8(7-11)13-10/h8,12H,4-7H2,1-3H3/t8-,10?/m0/s1. The highest BCUT2D eigenvalue weighted by molar-refractivity contribution is 9.09. The fraction of sp³-hybridized carbons (Fsp3) is 1.00. The van der Waals surface area contributed by atoms with Crippen molar-refractivity contribution < 1.29 is 9.84 Å². The minimum atomic E-state index is -0.533. The Balaban J connectivity index is 2.14. The number of halogens is 1. The van der Waals surface area contributed by atoms with Crippen LogP contribution in [0.4, 0.5) is 0 Å². The summed E-state index contributed by atoms with van der Waals surface area (Å²) in [6, 6.07) is 0. The van der Waals surface area contributed by atoms with Crippen molar-refractivity contribution in [3.8, 4) is 0 Å². The molecule has 0 aromatic rings. The largest absolute Gasteiger partial charge is 0.390 e. The van der Waals surface area contributed by atoms with Crippen molar-refractivity contribution >= 4 is 15.9 Å². The zero-order valence-electron chi connectivity index (χ0n) is 8.64. The Kier molecular flexibility index (Phi) is 3.42. The fourth-order valence-corrected chi connectivity index (χ4v) is 2.39. The predicted octanol–water partition coefficient (Wildman–Crippen LogP) is 2.48. The third kappa shape index (κ3) is 3.56. The molecule has 0 spiro atoms. The summed E-state index contributed by atoms with van der Waals surface area (Å²) in [5.74, 6) is 0. The highest BCUT2D eigenvalue weighted by Crippen LogP contribution is 2.41. The van der Waals surface area contributed by atoms with Crippen LogP contribution in [-0.4, -0.2) is 27.7 Å². The molecular formula is C10H19BrO2. The molecule has 2 atom stereocenters. The molecule has 1 aliphatic rings. The minimum absolute atomic E-state index is 0.0781. The molecule has 0 radical (unpaired) electrons. The minimum Gasteiger partial charge on any atom is -0.390 e. The zero-order chi connectivity index (χ0) is 10.1. The summed E-state index contributed by atoms with van der Waals surface area (Å²) in [6.45, 7) is 5.85. The van der Waals surface area contributed by atoms with Crippen LogP contribution in [0.3, 0.4) is 0 Å². The van der Waals surface area contributed by atoms with Crippen LogP contribution in [-0.2, 0) is 4.74 Å². The van der Waals surface area contributed by atoms with Crippen LogP contribution in [0.15, 0.2) is 0 Å². The number of hydrogen-bond acceptors (Lipinski definition) is 2. The van der Waals surface area contributed by atoms with Gasteiger partial charge in [-0.1, -0.05) is 15.9 Å². The first-order valence-corrected chi connectivity index (χ1v) is 5.96. The van der Waals surface area contributed by atoms with E-state index in [1.807, 2.05) is 13.8 Å². The van der Waals surface area contributed by atoms with Crippen molar-refractivity contribution in [2.45, 2.75) is 57.3 Å². The van der Waals surface area contributed by atoms with E-state index in [4.69, 9.17) is 4.74 Å². The van der Waals surface area contributed by atoms with E-state index in [1.165, 1.54) is 0 Å². The topological polar surface area (TPSA) is 32.8 Å². The Hall–Kier alpha value is 0.400. The average Bonchev–Trinajstić information content (AvgIpc) is 2.59. The number of aliphatic hydroxyl groups is 1. The smallest absolute Gasteiger partial charge is 0.0967 e. The maximum absolute atomic E-state index is 9.51. The molecule has 1 N–H and O–H groups in total. The Morgan fingerprint density at radius 3 is 2.54 bits per heavy atom. The molecule has 13 heavy (non-hydrogen) atoms. The molecule has 0 aliphatic carbocycles. The van der Waals surface area contributed by atoms with Crippen molar-refractivity contribution in [3.05, 3.63) is 0 Å². The SMILES string of the molecule is CC(C)(O)CCCC1(C)O[C@H]1CBr. The Morgan fingerprint density at radius 2 is 2.15 bits per heavy atom. The van der Waals surface area contributed by atoms with Gasteiger partial charge in [0.1, 0.15) is 0 Å². The lowest BCUT2D eigenvalue weighted by Crippen LogP contribution is -2.20. The highest BCUT2D eigenvalue weighted by Gasteiger charge is 2.50. The van der Waals surface area contributed by atoms with Crippen LogP contribution in [0.2, 0.25) is 0 Å². The van der Waals surface area contributed by atoms with Gasteiger partial charge >= 0.3 is 0 Å². The summed E-state index contributed by atoms with van der Waals surface area (Å²) in [5, 5.41) is 10.4. The van der Waals surface area contributed by atoms with Crippen LogP contribution in [0.5, 0.6) is 0 Å². The van der Waals surface area contributed by atoms with Gasteiger partial charge in [-0.3, -0.25) is 0 Å². The molecule has 1 fully saturated rings. The van der Waals surface area contributed by atoms with Gasteiger partial charge in [0.25, 0.3) is 0 Å². The van der Waals surface area contributed by atoms with E-state index >= 15 is 0 Å². The average molecular weight is 251 g/mol. The second-order valence-electron chi connectivity index (χ2n) is 4.74. The van der Waals surface area contributed by atoms with Crippen LogP contribution < -0.4 is 0 Å². The number of alkyl halides is 1. The van der Waals surface area contributed by atoms with Gasteiger partial charge in [0, 0.05) is 5.33 Å². The lowest BCUT2D eigenvalue weighted by molar-refractivity contribution is 0.0662. The Bertz CT molecular complexity index is 176. The first kappa shape index (κ1) is 11.5. The maximum atomic E-state index is 9.51. The molecule has 1 saturated heterocycles. The van der Waals surface area contributed by atoms with E-state index in [9.17, 15) is 5.11 Å². The van der Waals surface area contributed by atoms with Crippen LogP contribution in [0.25, 0.3) is 0 Å². The second kappa shape index (κ2) is 3.87. The summed E-state index contributed by atoms with van der Waals surface area (Å²) in [4.78, 5) is 0. The van der Waals surface area contributed by atoms with E-state index < -0.39 is 5.60 Å². The molecule has 1 aliphatic heterocycles. The van der Waals surface area contributed by atoms with Gasteiger partial charge in [-0.25, -0.2) is 0 Å². The molecular weight excluding hydrogens is 232 g/mol. The highest BCUT2D eigenvalue weighted by atomic mass is 79.9. The number of epoxide rings is 1. The molecule has 1 unspecified atom stereocenters. The lowest BCUT2D eigenvalue weighted by atomic mass is 9.95. The molecule has 0 amide bonds. The first-order valence-electron chi connectivity index (χ1n) is 4.83. The van der Waals surface area contributed by atoms with Crippen LogP contribution in [0.1, 0.15) is 40.0 Å². The lowest BCUT2D eigenvalue weighted by Gasteiger charge is -2.17. The molecule has 78 valence electrons. The van der Waals surface area contributed by atoms with Crippen molar-refractivity contribution in [1.82, 2.24) is 0 Å². The molecule has 1 rings (SSSR count). The first-order chi connectivity index (χ1) is 5.87. The van der Waals surface area contributed by atoms with Gasteiger partial charge in [-0.15, -0.1) is 0 Å². The summed E-state index contributed by atoms with van der Waals surface area (Å²) >= 11 is 3.41. The monoisotopic (exact) mass is 250 g/mol. The fourth-order valence-electron chi connectivity index (χ4n) is 1.58. The second-order valence-corrected chi connectivity index (χ2v) is 5.39. The summed E-state index contributed by atoms with van der Waals surface area (Å²) < 4.78 is 5.54. The third-order valence-corrected chi connectivity index (χ3v) is 3.23. The number of ether oxygens (including phenoxy) is 1. The molecule has 0 aromatic carbocycles. The van der Waals surface area contributed by atoms with Crippen molar-refractivity contribution in [3.63, 3.8) is 0 Å². The molecule has 2 nitrogen and oxygen atoms in total. The normalized spacial score (nSPS) is 33.5.